The van der Waals surface area contributed by atoms with Crippen LogP contribution in [-0.2, 0) is 11.2 Å². The normalized spacial score (nSPS) is 17.9. The van der Waals surface area contributed by atoms with Crippen LogP contribution in [0.2, 0.25) is 0 Å². The van der Waals surface area contributed by atoms with Gasteiger partial charge < -0.3 is 10.6 Å². The van der Waals surface area contributed by atoms with E-state index in [-0.39, 0.29) is 11.4 Å². The quantitative estimate of drug-likeness (QED) is 0.886. The van der Waals surface area contributed by atoms with Gasteiger partial charge in [0.1, 0.15) is 0 Å². The summed E-state index contributed by atoms with van der Waals surface area (Å²) in [6, 6.07) is 7.10. The summed E-state index contributed by atoms with van der Waals surface area (Å²) in [7, 11) is 0. The molecule has 2 rings (SSSR count). The first kappa shape index (κ1) is 15.0. The fourth-order valence-electron chi connectivity index (χ4n) is 2.77. The van der Waals surface area contributed by atoms with Crippen molar-refractivity contribution < 1.29 is 4.79 Å². The molecule has 3 heteroatoms. The second-order valence-corrected chi connectivity index (χ2v) is 6.80. The highest BCUT2D eigenvalue weighted by Gasteiger charge is 2.22. The zero-order chi connectivity index (χ0) is 14.8. The minimum Gasteiger partial charge on any atom is -0.351 e. The Kier molecular flexibility index (Phi) is 4.48. The van der Waals surface area contributed by atoms with Gasteiger partial charge in [0.05, 0.1) is 0 Å². The third-order valence-electron chi connectivity index (χ3n) is 3.64. The lowest BCUT2D eigenvalue weighted by atomic mass is 10.0. The van der Waals surface area contributed by atoms with Crippen LogP contribution in [0.3, 0.4) is 0 Å². The molecule has 1 aromatic rings. The lowest BCUT2D eigenvalue weighted by molar-refractivity contribution is -0.122. The van der Waals surface area contributed by atoms with Crippen LogP contribution in [0.1, 0.15) is 56.3 Å². The number of fused-ring (bicyclic) bond motifs is 1. The van der Waals surface area contributed by atoms with E-state index in [4.69, 9.17) is 0 Å². The Bertz CT molecular complexity index is 488. The zero-order valence-corrected chi connectivity index (χ0v) is 13.0. The number of amides is 1. The molecule has 0 aliphatic heterocycles. The van der Waals surface area contributed by atoms with Gasteiger partial charge in [-0.15, -0.1) is 0 Å². The molecule has 1 aliphatic rings. The molecule has 1 aromatic carbocycles. The molecule has 0 fully saturated rings. The van der Waals surface area contributed by atoms with Gasteiger partial charge in [0.2, 0.25) is 5.91 Å². The van der Waals surface area contributed by atoms with Gasteiger partial charge in [-0.3, -0.25) is 4.79 Å². The van der Waals surface area contributed by atoms with E-state index in [1.165, 1.54) is 16.7 Å². The first-order valence-corrected chi connectivity index (χ1v) is 7.49. The van der Waals surface area contributed by atoms with E-state index in [0.29, 0.717) is 12.5 Å². The Morgan fingerprint density at radius 2 is 2.10 bits per heavy atom. The van der Waals surface area contributed by atoms with E-state index < -0.39 is 0 Å². The van der Waals surface area contributed by atoms with Crippen LogP contribution in [0.4, 0.5) is 0 Å². The fourth-order valence-corrected chi connectivity index (χ4v) is 2.77. The summed E-state index contributed by atoms with van der Waals surface area (Å²) in [5.41, 5.74) is 4.03. The molecule has 110 valence electrons. The molecule has 0 heterocycles. The van der Waals surface area contributed by atoms with Gasteiger partial charge in [-0.2, -0.15) is 0 Å². The van der Waals surface area contributed by atoms with Crippen molar-refractivity contribution in [2.45, 2.75) is 58.5 Å². The van der Waals surface area contributed by atoms with Crippen molar-refractivity contribution in [3.63, 3.8) is 0 Å². The molecule has 0 saturated heterocycles. The molecule has 1 atom stereocenters. The Labute approximate surface area is 122 Å². The lowest BCUT2D eigenvalue weighted by Gasteiger charge is -2.21. The minimum absolute atomic E-state index is 0.118. The molecule has 1 unspecified atom stereocenters. The molecule has 2 N–H and O–H groups in total. The molecule has 1 aliphatic carbocycles. The van der Waals surface area contributed by atoms with E-state index in [2.05, 4.69) is 35.8 Å². The highest BCUT2D eigenvalue weighted by Crippen LogP contribution is 2.31. The average Bonchev–Trinajstić information content (AvgIpc) is 2.69. The Morgan fingerprint density at radius 1 is 1.35 bits per heavy atom. The highest BCUT2D eigenvalue weighted by atomic mass is 16.1. The average molecular weight is 274 g/mol. The van der Waals surface area contributed by atoms with Gasteiger partial charge in [-0.05, 0) is 51.7 Å². The first-order chi connectivity index (χ1) is 9.35. The van der Waals surface area contributed by atoms with Crippen molar-refractivity contribution >= 4 is 5.91 Å². The van der Waals surface area contributed by atoms with E-state index in [1.54, 1.807) is 0 Å². The van der Waals surface area contributed by atoms with Crippen LogP contribution < -0.4 is 10.6 Å². The predicted molar refractivity (Wildman–Crippen MR) is 82.8 cm³/mol. The van der Waals surface area contributed by atoms with E-state index in [1.807, 2.05) is 20.8 Å². The highest BCUT2D eigenvalue weighted by molar-refractivity contribution is 5.76. The third-order valence-corrected chi connectivity index (χ3v) is 3.64. The van der Waals surface area contributed by atoms with Crippen LogP contribution >= 0.6 is 0 Å². The SMILES string of the molecule is Cc1ccc2c(c1)C(NCCC(=O)NC(C)(C)C)CC2. The molecule has 1 amide bonds. The Morgan fingerprint density at radius 3 is 2.80 bits per heavy atom. The summed E-state index contributed by atoms with van der Waals surface area (Å²) in [6.07, 6.45) is 2.82. The van der Waals surface area contributed by atoms with E-state index >= 15 is 0 Å². The number of nitrogens with one attached hydrogen (secondary N) is 2. The van der Waals surface area contributed by atoms with Crippen LogP contribution in [-0.4, -0.2) is 18.0 Å². The van der Waals surface area contributed by atoms with Crippen molar-refractivity contribution in [1.82, 2.24) is 10.6 Å². The smallest absolute Gasteiger partial charge is 0.221 e. The summed E-state index contributed by atoms with van der Waals surface area (Å²) in [5.74, 6) is 0.118. The predicted octanol–water partition coefficient (Wildman–Crippen LogP) is 2.88. The zero-order valence-electron chi connectivity index (χ0n) is 13.0. The summed E-state index contributed by atoms with van der Waals surface area (Å²) in [4.78, 5) is 11.8. The van der Waals surface area contributed by atoms with Gasteiger partial charge in [-0.1, -0.05) is 23.8 Å². The summed E-state index contributed by atoms with van der Waals surface area (Å²) < 4.78 is 0. The van der Waals surface area contributed by atoms with E-state index in [0.717, 1.165) is 19.4 Å². The van der Waals surface area contributed by atoms with Crippen molar-refractivity contribution in [3.8, 4) is 0 Å². The molecule has 20 heavy (non-hydrogen) atoms. The van der Waals surface area contributed by atoms with Crippen molar-refractivity contribution in [1.29, 1.82) is 0 Å². The van der Waals surface area contributed by atoms with Crippen LogP contribution in [0, 0.1) is 6.92 Å². The van der Waals surface area contributed by atoms with Crippen molar-refractivity contribution in [2.75, 3.05) is 6.54 Å². The van der Waals surface area contributed by atoms with Gasteiger partial charge >= 0.3 is 0 Å². The second kappa shape index (κ2) is 5.96. The number of aryl methyl sites for hydroxylation is 2. The maximum Gasteiger partial charge on any atom is 0.221 e. The molecule has 0 bridgehead atoms. The number of hydrogen-bond donors (Lipinski definition) is 2. The molecule has 0 radical (unpaired) electrons. The minimum atomic E-state index is -0.145. The molecular formula is C17H26N2O. The standard InChI is InChI=1S/C17H26N2O/c1-12-5-6-13-7-8-15(14(13)11-12)18-10-9-16(20)19-17(2,3)4/h5-6,11,15,18H,7-10H2,1-4H3,(H,19,20). The summed E-state index contributed by atoms with van der Waals surface area (Å²) >= 11 is 0. The molecule has 3 nitrogen and oxygen atoms in total. The molecule has 0 saturated carbocycles. The molecule has 0 aromatic heterocycles. The number of carbonyl (C=O) groups excluding carboxylic acids is 1. The van der Waals surface area contributed by atoms with Crippen molar-refractivity contribution in [2.24, 2.45) is 0 Å². The topological polar surface area (TPSA) is 41.1 Å². The van der Waals surface area contributed by atoms with Gasteiger partial charge in [-0.25, -0.2) is 0 Å². The van der Waals surface area contributed by atoms with Crippen LogP contribution in [0.15, 0.2) is 18.2 Å². The third kappa shape index (κ3) is 4.07. The monoisotopic (exact) mass is 274 g/mol. The maximum absolute atomic E-state index is 11.8. The number of benzene rings is 1. The number of rotatable bonds is 4. The number of hydrogen-bond acceptors (Lipinski definition) is 2. The fraction of sp³-hybridized carbons (Fsp3) is 0.588. The van der Waals surface area contributed by atoms with E-state index in [9.17, 15) is 4.79 Å². The van der Waals surface area contributed by atoms with Gasteiger partial charge in [0.25, 0.3) is 0 Å². The second-order valence-electron chi connectivity index (χ2n) is 6.80. The first-order valence-electron chi connectivity index (χ1n) is 7.49. The number of carbonyl (C=O) groups is 1. The molecular weight excluding hydrogens is 248 g/mol. The summed E-state index contributed by atoms with van der Waals surface area (Å²) in [6.45, 7) is 8.89. The van der Waals surface area contributed by atoms with Crippen molar-refractivity contribution in [3.05, 3.63) is 34.9 Å². The van der Waals surface area contributed by atoms with Gasteiger partial charge in [0, 0.05) is 24.5 Å². The van der Waals surface area contributed by atoms with Crippen LogP contribution in [0.25, 0.3) is 0 Å². The van der Waals surface area contributed by atoms with Crippen LogP contribution in [0.5, 0.6) is 0 Å². The summed E-state index contributed by atoms with van der Waals surface area (Å²) in [5, 5.41) is 6.51. The largest absolute Gasteiger partial charge is 0.351 e. The van der Waals surface area contributed by atoms with Gasteiger partial charge in [0.15, 0.2) is 0 Å². The molecule has 0 spiro atoms. The Hall–Kier alpha value is -1.35. The maximum atomic E-state index is 11.8. The lowest BCUT2D eigenvalue weighted by Crippen LogP contribution is -2.41. The Balaban J connectivity index is 1.82.